The maximum absolute atomic E-state index is 12.6. The Morgan fingerprint density at radius 1 is 1.10 bits per heavy atom. The van der Waals surface area contributed by atoms with Crippen molar-refractivity contribution in [3.05, 3.63) is 41.7 Å². The van der Waals surface area contributed by atoms with Gasteiger partial charge in [-0.1, -0.05) is 17.3 Å². The normalized spacial score (nSPS) is 21.8. The van der Waals surface area contributed by atoms with Crippen LogP contribution >= 0.6 is 0 Å². The number of hydrogen-bond acceptors (Lipinski definition) is 5. The molecule has 0 unspecified atom stereocenters. The number of ether oxygens (including phenoxy) is 1. The zero-order chi connectivity index (χ0) is 20.2. The van der Waals surface area contributed by atoms with Gasteiger partial charge < -0.3 is 15.0 Å². The average Bonchev–Trinajstić information content (AvgIpc) is 3.46. The zero-order valence-electron chi connectivity index (χ0n) is 16.7. The first-order valence-corrected chi connectivity index (χ1v) is 10.3. The molecule has 2 heterocycles. The van der Waals surface area contributed by atoms with Crippen molar-refractivity contribution in [3.8, 4) is 5.75 Å². The van der Waals surface area contributed by atoms with E-state index < -0.39 is 0 Å². The predicted molar refractivity (Wildman–Crippen MR) is 107 cm³/mol. The smallest absolute Gasteiger partial charge is 0.276 e. The highest BCUT2D eigenvalue weighted by molar-refractivity contribution is 5.97. The fraction of sp³-hybridized carbons (Fsp3) is 0.524. The van der Waals surface area contributed by atoms with E-state index in [1.165, 1.54) is 0 Å². The van der Waals surface area contributed by atoms with Crippen LogP contribution in [0.4, 0.5) is 0 Å². The second-order valence-electron chi connectivity index (χ2n) is 7.76. The van der Waals surface area contributed by atoms with E-state index in [1.807, 2.05) is 21.7 Å². The van der Waals surface area contributed by atoms with E-state index in [2.05, 4.69) is 15.6 Å². The molecule has 154 valence electrons. The van der Waals surface area contributed by atoms with Crippen LogP contribution in [0.15, 0.2) is 30.5 Å². The van der Waals surface area contributed by atoms with Gasteiger partial charge in [-0.25, -0.2) is 4.68 Å². The molecule has 0 atom stereocenters. The van der Waals surface area contributed by atoms with Crippen LogP contribution in [0.1, 0.15) is 65.4 Å². The molecule has 1 aromatic heterocycles. The van der Waals surface area contributed by atoms with Gasteiger partial charge in [-0.3, -0.25) is 9.59 Å². The molecule has 1 saturated heterocycles. The lowest BCUT2D eigenvalue weighted by Crippen LogP contribution is -2.38. The first-order chi connectivity index (χ1) is 14.2. The van der Waals surface area contributed by atoms with Crippen LogP contribution < -0.4 is 10.1 Å². The fourth-order valence-electron chi connectivity index (χ4n) is 4.22. The average molecular weight is 397 g/mol. The number of nitrogens with zero attached hydrogens (tertiary/aromatic N) is 4. The van der Waals surface area contributed by atoms with Crippen LogP contribution in [-0.4, -0.2) is 57.9 Å². The summed E-state index contributed by atoms with van der Waals surface area (Å²) in [7, 11) is 1.57. The Morgan fingerprint density at radius 2 is 1.83 bits per heavy atom. The van der Waals surface area contributed by atoms with E-state index >= 15 is 0 Å². The Labute approximate surface area is 170 Å². The molecule has 1 aliphatic heterocycles. The minimum atomic E-state index is -0.106. The summed E-state index contributed by atoms with van der Waals surface area (Å²) in [6.45, 7) is 1.62. The molecule has 1 N–H and O–H groups in total. The van der Waals surface area contributed by atoms with Crippen LogP contribution in [0.3, 0.4) is 0 Å². The van der Waals surface area contributed by atoms with Crippen molar-refractivity contribution in [2.75, 3.05) is 20.2 Å². The second kappa shape index (κ2) is 8.63. The number of benzene rings is 1. The van der Waals surface area contributed by atoms with E-state index in [0.29, 0.717) is 17.0 Å². The summed E-state index contributed by atoms with van der Waals surface area (Å²) in [5.74, 6) is 0.452. The minimum Gasteiger partial charge on any atom is -0.496 e. The van der Waals surface area contributed by atoms with Crippen molar-refractivity contribution in [3.63, 3.8) is 0 Å². The molecular weight excluding hydrogens is 370 g/mol. The van der Waals surface area contributed by atoms with E-state index in [-0.39, 0.29) is 23.9 Å². The summed E-state index contributed by atoms with van der Waals surface area (Å²) in [5, 5.41) is 11.4. The van der Waals surface area contributed by atoms with Gasteiger partial charge in [-0.15, -0.1) is 5.10 Å². The Bertz CT molecular complexity index is 867. The molecule has 2 amide bonds. The molecule has 0 radical (unpaired) electrons. The van der Waals surface area contributed by atoms with Gasteiger partial charge in [0.25, 0.3) is 11.8 Å². The van der Waals surface area contributed by atoms with Gasteiger partial charge in [0.05, 0.1) is 24.9 Å². The number of likely N-dealkylation sites (tertiary alicyclic amines) is 1. The molecule has 1 aromatic carbocycles. The molecule has 4 rings (SSSR count). The van der Waals surface area contributed by atoms with Crippen LogP contribution in [0.2, 0.25) is 0 Å². The molecule has 8 heteroatoms. The predicted octanol–water partition coefficient (Wildman–Crippen LogP) is 2.44. The third kappa shape index (κ3) is 4.26. The molecule has 1 saturated carbocycles. The molecule has 0 bridgehead atoms. The zero-order valence-corrected chi connectivity index (χ0v) is 16.7. The molecular formula is C21H27N5O3. The highest BCUT2D eigenvalue weighted by Gasteiger charge is 2.27. The van der Waals surface area contributed by atoms with Gasteiger partial charge in [-0.05, 0) is 50.7 Å². The number of hydrogen-bond donors (Lipinski definition) is 1. The first kappa shape index (κ1) is 19.4. The maximum atomic E-state index is 12.6. The van der Waals surface area contributed by atoms with E-state index in [1.54, 1.807) is 25.4 Å². The third-order valence-electron chi connectivity index (χ3n) is 5.88. The number of para-hydroxylation sites is 1. The molecule has 2 aromatic rings. The summed E-state index contributed by atoms with van der Waals surface area (Å²) in [5.41, 5.74) is 0.983. The summed E-state index contributed by atoms with van der Waals surface area (Å²) in [6, 6.07) is 7.58. The molecule has 2 aliphatic rings. The summed E-state index contributed by atoms with van der Waals surface area (Å²) >= 11 is 0. The lowest BCUT2D eigenvalue weighted by Gasteiger charge is -2.29. The van der Waals surface area contributed by atoms with Crippen LogP contribution in [0, 0.1) is 0 Å². The first-order valence-electron chi connectivity index (χ1n) is 10.3. The van der Waals surface area contributed by atoms with Crippen LogP contribution in [0.25, 0.3) is 0 Å². The van der Waals surface area contributed by atoms with Crippen molar-refractivity contribution in [1.29, 1.82) is 0 Å². The molecule has 0 spiro atoms. The second-order valence-corrected chi connectivity index (χ2v) is 7.76. The Morgan fingerprint density at radius 3 is 2.55 bits per heavy atom. The lowest BCUT2D eigenvalue weighted by molar-refractivity contribution is 0.0786. The van der Waals surface area contributed by atoms with Gasteiger partial charge >= 0.3 is 0 Å². The SMILES string of the molecule is COc1ccccc1C(=O)NC1CCC(n2cc(C(=O)N3CCCC3)nn2)CC1. The van der Waals surface area contributed by atoms with Gasteiger partial charge in [0, 0.05) is 19.1 Å². The van der Waals surface area contributed by atoms with Crippen molar-refractivity contribution >= 4 is 11.8 Å². The highest BCUT2D eigenvalue weighted by atomic mass is 16.5. The summed E-state index contributed by atoms with van der Waals surface area (Å²) in [4.78, 5) is 26.9. The third-order valence-corrected chi connectivity index (χ3v) is 5.88. The largest absolute Gasteiger partial charge is 0.496 e. The highest BCUT2D eigenvalue weighted by Crippen LogP contribution is 2.28. The van der Waals surface area contributed by atoms with Crippen molar-refractivity contribution in [2.45, 2.75) is 50.6 Å². The fourth-order valence-corrected chi connectivity index (χ4v) is 4.22. The van der Waals surface area contributed by atoms with Crippen molar-refractivity contribution in [2.24, 2.45) is 0 Å². The van der Waals surface area contributed by atoms with E-state index in [4.69, 9.17) is 4.74 Å². The number of aromatic nitrogens is 3. The number of carbonyl (C=O) groups excluding carboxylic acids is 2. The number of methoxy groups -OCH3 is 1. The molecule has 8 nitrogen and oxygen atoms in total. The number of amides is 2. The number of carbonyl (C=O) groups is 2. The minimum absolute atomic E-state index is 0.0218. The van der Waals surface area contributed by atoms with Crippen LogP contribution in [0.5, 0.6) is 5.75 Å². The van der Waals surface area contributed by atoms with E-state index in [9.17, 15) is 9.59 Å². The van der Waals surface area contributed by atoms with Gasteiger partial charge in [-0.2, -0.15) is 0 Å². The van der Waals surface area contributed by atoms with Crippen molar-refractivity contribution in [1.82, 2.24) is 25.2 Å². The van der Waals surface area contributed by atoms with Crippen LogP contribution in [-0.2, 0) is 0 Å². The lowest BCUT2D eigenvalue weighted by atomic mass is 9.91. The van der Waals surface area contributed by atoms with E-state index in [0.717, 1.165) is 51.6 Å². The Balaban J connectivity index is 1.31. The monoisotopic (exact) mass is 397 g/mol. The Kier molecular flexibility index (Phi) is 5.78. The van der Waals surface area contributed by atoms with Gasteiger partial charge in [0.1, 0.15) is 5.75 Å². The standard InChI is InChI=1S/C21H27N5O3/c1-29-19-7-3-2-6-17(19)20(27)22-15-8-10-16(11-9-15)26-14-18(23-24-26)21(28)25-12-4-5-13-25/h2-3,6-7,14-16H,4-5,8-13H2,1H3,(H,22,27). The quantitative estimate of drug-likeness (QED) is 0.837. The van der Waals surface area contributed by atoms with Gasteiger partial charge in [0.2, 0.25) is 0 Å². The molecule has 29 heavy (non-hydrogen) atoms. The Hall–Kier alpha value is -2.90. The number of rotatable bonds is 5. The molecule has 1 aliphatic carbocycles. The van der Waals surface area contributed by atoms with Gasteiger partial charge in [0.15, 0.2) is 5.69 Å². The number of nitrogens with one attached hydrogen (secondary N) is 1. The summed E-state index contributed by atoms with van der Waals surface area (Å²) in [6.07, 6.45) is 7.39. The topological polar surface area (TPSA) is 89.4 Å². The molecule has 2 fully saturated rings. The summed E-state index contributed by atoms with van der Waals surface area (Å²) < 4.78 is 7.10. The maximum Gasteiger partial charge on any atom is 0.276 e. The van der Waals surface area contributed by atoms with Crippen molar-refractivity contribution < 1.29 is 14.3 Å².